The number of amides is 1. The van der Waals surface area contributed by atoms with Crippen LogP contribution in [0, 0.1) is 0 Å². The molecule has 206 valence electrons. The van der Waals surface area contributed by atoms with Crippen LogP contribution in [0.3, 0.4) is 0 Å². The average Bonchev–Trinajstić information content (AvgIpc) is 3.29. The fourth-order valence-electron chi connectivity index (χ4n) is 5.36. The van der Waals surface area contributed by atoms with Crippen molar-refractivity contribution in [2.45, 2.75) is 102 Å². The van der Waals surface area contributed by atoms with Crippen molar-refractivity contribution in [2.75, 3.05) is 5.75 Å². The normalized spacial score (nSPS) is 24.5. The van der Waals surface area contributed by atoms with Gasteiger partial charge in [0.25, 0.3) is 0 Å². The molecule has 0 saturated carbocycles. The number of nitrogens with zero attached hydrogens (tertiary/aromatic N) is 1. The van der Waals surface area contributed by atoms with Gasteiger partial charge in [0.05, 0.1) is 30.8 Å². The average molecular weight is 556 g/mol. The summed E-state index contributed by atoms with van der Waals surface area (Å²) in [6, 6.07) is 20.2. The Morgan fingerprint density at radius 1 is 1.03 bits per heavy atom. The summed E-state index contributed by atoms with van der Waals surface area (Å²) >= 11 is 7.07. The van der Waals surface area contributed by atoms with E-state index in [1.807, 2.05) is 48.5 Å². The maximum atomic E-state index is 13.3. The van der Waals surface area contributed by atoms with Crippen molar-refractivity contribution in [2.24, 2.45) is 0 Å². The number of unbranched alkanes of at least 4 members (excludes halogenated alkanes) is 4. The van der Waals surface area contributed by atoms with Crippen LogP contribution in [0.2, 0.25) is 0 Å². The van der Waals surface area contributed by atoms with Crippen LogP contribution >= 0.6 is 24.0 Å². The summed E-state index contributed by atoms with van der Waals surface area (Å²) in [5, 5.41) is 11.0. The van der Waals surface area contributed by atoms with Crippen molar-refractivity contribution in [1.29, 1.82) is 0 Å². The predicted molar refractivity (Wildman–Crippen MR) is 158 cm³/mol. The molecule has 5 nitrogen and oxygen atoms in total. The summed E-state index contributed by atoms with van der Waals surface area (Å²) in [6.45, 7) is 2.23. The van der Waals surface area contributed by atoms with Gasteiger partial charge in [-0.05, 0) is 18.4 Å². The lowest BCUT2D eigenvalue weighted by Crippen LogP contribution is -2.42. The second-order valence-corrected chi connectivity index (χ2v) is 12.1. The van der Waals surface area contributed by atoms with E-state index in [0.717, 1.165) is 37.0 Å². The number of carbonyl (C=O) groups excluding carboxylic acids is 1. The summed E-state index contributed by atoms with van der Waals surface area (Å²) in [4.78, 5) is 15.0. The quantitative estimate of drug-likeness (QED) is 0.216. The zero-order chi connectivity index (χ0) is 26.7. The largest absolute Gasteiger partial charge is 0.392 e. The fourth-order valence-corrected chi connectivity index (χ4v) is 6.80. The van der Waals surface area contributed by atoms with E-state index in [9.17, 15) is 9.90 Å². The van der Waals surface area contributed by atoms with Gasteiger partial charge >= 0.3 is 0 Å². The standard InChI is InChI=1S/C31H41NO4S2/c1-2-3-4-5-12-17-27-21-28(36-30(35-27)24-15-10-7-11-16-24)19-26(33)20-29(34)32-25(22-38-31(32)37)18-23-13-8-6-9-14-23/h6-11,13-16,25-28,30,33H,2-5,12,17-22H2,1H3/t25-,26-,27-,28+,30-/m1/s1. The van der Waals surface area contributed by atoms with Crippen LogP contribution in [0.25, 0.3) is 0 Å². The van der Waals surface area contributed by atoms with Gasteiger partial charge in [-0.15, -0.1) is 0 Å². The smallest absolute Gasteiger partial charge is 0.230 e. The second-order valence-electron chi connectivity index (χ2n) is 10.5. The summed E-state index contributed by atoms with van der Waals surface area (Å²) in [5.74, 6) is 0.685. The highest BCUT2D eigenvalue weighted by atomic mass is 32.2. The number of hydrogen-bond donors (Lipinski definition) is 1. The minimum Gasteiger partial charge on any atom is -0.392 e. The number of ether oxygens (including phenoxy) is 2. The molecule has 4 rings (SSSR count). The van der Waals surface area contributed by atoms with Gasteiger partial charge in [0.1, 0.15) is 4.32 Å². The third-order valence-corrected chi connectivity index (χ3v) is 8.89. The van der Waals surface area contributed by atoms with Crippen molar-refractivity contribution in [1.82, 2.24) is 4.90 Å². The van der Waals surface area contributed by atoms with Crippen molar-refractivity contribution < 1.29 is 19.4 Å². The molecular weight excluding hydrogens is 514 g/mol. The van der Waals surface area contributed by atoms with Crippen molar-refractivity contribution in [3.8, 4) is 0 Å². The number of hydrogen-bond acceptors (Lipinski definition) is 6. The molecule has 2 heterocycles. The minimum absolute atomic E-state index is 0.0217. The summed E-state index contributed by atoms with van der Waals surface area (Å²) in [6.07, 6.45) is 7.72. The third-order valence-electron chi connectivity index (χ3n) is 7.35. The molecule has 2 aliphatic rings. The lowest BCUT2D eigenvalue weighted by Gasteiger charge is -2.37. The Kier molecular flexibility index (Phi) is 11.6. The van der Waals surface area contributed by atoms with Crippen LogP contribution < -0.4 is 0 Å². The number of rotatable bonds is 13. The maximum Gasteiger partial charge on any atom is 0.230 e. The Morgan fingerprint density at radius 2 is 1.71 bits per heavy atom. The molecule has 7 heteroatoms. The summed E-state index contributed by atoms with van der Waals surface area (Å²) in [7, 11) is 0. The highest BCUT2D eigenvalue weighted by Crippen LogP contribution is 2.34. The molecule has 1 amide bonds. The van der Waals surface area contributed by atoms with E-state index < -0.39 is 12.4 Å². The SMILES string of the molecule is CCCCCCC[C@@H]1C[C@H](C[C@@H](O)CC(=O)N2C(=S)SC[C@H]2Cc2ccccc2)O[C@H](c2ccccc2)O1. The van der Waals surface area contributed by atoms with E-state index in [-0.39, 0.29) is 30.6 Å². The molecule has 0 aliphatic carbocycles. The Labute approximate surface area is 237 Å². The van der Waals surface area contributed by atoms with Gasteiger partial charge in [-0.1, -0.05) is 124 Å². The molecule has 1 N–H and O–H groups in total. The van der Waals surface area contributed by atoms with Crippen molar-refractivity contribution >= 4 is 34.2 Å². The minimum atomic E-state index is -0.794. The number of carbonyl (C=O) groups is 1. The van der Waals surface area contributed by atoms with Crippen molar-refractivity contribution in [3.05, 3.63) is 71.8 Å². The zero-order valence-corrected chi connectivity index (χ0v) is 24.0. The van der Waals surface area contributed by atoms with Gasteiger partial charge in [-0.3, -0.25) is 9.69 Å². The lowest BCUT2D eigenvalue weighted by molar-refractivity contribution is -0.253. The number of benzene rings is 2. The first-order valence-electron chi connectivity index (χ1n) is 14.1. The van der Waals surface area contributed by atoms with Crippen LogP contribution in [0.5, 0.6) is 0 Å². The van der Waals surface area contributed by atoms with Crippen LogP contribution in [0.4, 0.5) is 0 Å². The first kappa shape index (κ1) is 29.2. The molecule has 0 unspecified atom stereocenters. The van der Waals surface area contributed by atoms with Gasteiger partial charge in [-0.25, -0.2) is 0 Å². The Bertz CT molecular complexity index is 1010. The first-order valence-corrected chi connectivity index (χ1v) is 15.5. The maximum absolute atomic E-state index is 13.3. The monoisotopic (exact) mass is 555 g/mol. The molecule has 2 aromatic carbocycles. The van der Waals surface area contributed by atoms with Gasteiger partial charge in [0, 0.05) is 24.2 Å². The number of aliphatic hydroxyl groups excluding tert-OH is 1. The van der Waals surface area contributed by atoms with E-state index in [1.54, 1.807) is 16.7 Å². The van der Waals surface area contributed by atoms with Gasteiger partial charge < -0.3 is 14.6 Å². The number of thiocarbonyl (C=S) groups is 1. The highest BCUT2D eigenvalue weighted by molar-refractivity contribution is 8.23. The van der Waals surface area contributed by atoms with Crippen LogP contribution in [0.15, 0.2) is 60.7 Å². The summed E-state index contributed by atoms with van der Waals surface area (Å²) < 4.78 is 13.3. The fraction of sp³-hybridized carbons (Fsp3) is 0.548. The van der Waals surface area contributed by atoms with E-state index in [2.05, 4.69) is 19.1 Å². The van der Waals surface area contributed by atoms with Crippen LogP contribution in [-0.4, -0.2) is 50.3 Å². The van der Waals surface area contributed by atoms with E-state index in [1.165, 1.54) is 31.2 Å². The third kappa shape index (κ3) is 8.62. The number of aliphatic hydroxyl groups is 1. The Morgan fingerprint density at radius 3 is 2.45 bits per heavy atom. The molecule has 2 aliphatic heterocycles. The topological polar surface area (TPSA) is 59.0 Å². The van der Waals surface area contributed by atoms with Crippen LogP contribution in [0.1, 0.15) is 82.1 Å². The van der Waals surface area contributed by atoms with Crippen molar-refractivity contribution in [3.63, 3.8) is 0 Å². The summed E-state index contributed by atoms with van der Waals surface area (Å²) in [5.41, 5.74) is 2.17. The molecule has 2 saturated heterocycles. The molecule has 2 fully saturated rings. The Hall–Kier alpha value is -1.77. The molecule has 2 aromatic rings. The van der Waals surface area contributed by atoms with E-state index >= 15 is 0 Å². The molecule has 38 heavy (non-hydrogen) atoms. The molecule has 0 radical (unpaired) electrons. The van der Waals surface area contributed by atoms with Gasteiger partial charge in [-0.2, -0.15) is 0 Å². The first-order chi connectivity index (χ1) is 18.5. The predicted octanol–water partition coefficient (Wildman–Crippen LogP) is 6.83. The zero-order valence-electron chi connectivity index (χ0n) is 22.4. The molecule has 0 spiro atoms. The van der Waals surface area contributed by atoms with E-state index in [0.29, 0.717) is 10.7 Å². The highest BCUT2D eigenvalue weighted by Gasteiger charge is 2.36. The van der Waals surface area contributed by atoms with Gasteiger partial charge in [0.2, 0.25) is 5.91 Å². The van der Waals surface area contributed by atoms with Crippen LogP contribution in [-0.2, 0) is 20.7 Å². The Balaban J connectivity index is 1.34. The number of thioether (sulfide) groups is 1. The second kappa shape index (κ2) is 15.1. The molecular formula is C31H41NO4S2. The van der Waals surface area contributed by atoms with Gasteiger partial charge in [0.15, 0.2) is 6.29 Å². The lowest BCUT2D eigenvalue weighted by atomic mass is 9.97. The molecule has 5 atom stereocenters. The van der Waals surface area contributed by atoms with E-state index in [4.69, 9.17) is 21.7 Å². The molecule has 0 bridgehead atoms. The molecule has 0 aromatic heterocycles.